The third-order valence-corrected chi connectivity index (χ3v) is 5.34. The summed E-state index contributed by atoms with van der Waals surface area (Å²) >= 11 is 0. The first-order chi connectivity index (χ1) is 16.0. The van der Waals surface area contributed by atoms with Crippen LogP contribution in [0.5, 0.6) is 17.2 Å². The number of methoxy groups -OCH3 is 3. The predicted octanol–water partition coefficient (Wildman–Crippen LogP) is 4.42. The molecule has 7 heteroatoms. The zero-order valence-electron chi connectivity index (χ0n) is 18.8. The molecule has 33 heavy (non-hydrogen) atoms. The van der Waals surface area contributed by atoms with E-state index in [0.29, 0.717) is 34.2 Å². The van der Waals surface area contributed by atoms with Crippen LogP contribution in [0.3, 0.4) is 0 Å². The van der Waals surface area contributed by atoms with Gasteiger partial charge in [0.15, 0.2) is 0 Å². The highest BCUT2D eigenvalue weighted by Crippen LogP contribution is 2.38. The van der Waals surface area contributed by atoms with E-state index in [1.807, 2.05) is 25.1 Å². The van der Waals surface area contributed by atoms with Crippen molar-refractivity contribution in [1.29, 1.82) is 0 Å². The van der Waals surface area contributed by atoms with Gasteiger partial charge in [0.2, 0.25) is 0 Å². The second-order valence-electron chi connectivity index (χ2n) is 7.46. The van der Waals surface area contributed by atoms with E-state index in [-0.39, 0.29) is 11.3 Å². The number of nitrogens with one attached hydrogen (secondary N) is 1. The van der Waals surface area contributed by atoms with Crippen LogP contribution in [-0.2, 0) is 9.59 Å². The van der Waals surface area contributed by atoms with Crippen LogP contribution in [-0.4, -0.2) is 33.1 Å². The molecule has 1 aliphatic heterocycles. The number of nitrogens with zero attached hydrogens (tertiary/aromatic N) is 1. The van der Waals surface area contributed by atoms with Crippen LogP contribution in [0.25, 0.3) is 5.57 Å². The summed E-state index contributed by atoms with van der Waals surface area (Å²) in [6, 6.07) is 19.5. The summed E-state index contributed by atoms with van der Waals surface area (Å²) in [6.45, 7) is 1.91. The van der Waals surface area contributed by atoms with E-state index in [1.165, 1.54) is 12.0 Å². The number of para-hydroxylation sites is 1. The van der Waals surface area contributed by atoms with Crippen molar-refractivity contribution in [3.8, 4) is 17.2 Å². The van der Waals surface area contributed by atoms with Crippen LogP contribution in [0.15, 0.2) is 72.4 Å². The van der Waals surface area contributed by atoms with Gasteiger partial charge in [-0.2, -0.15) is 0 Å². The lowest BCUT2D eigenvalue weighted by Crippen LogP contribution is -2.32. The number of rotatable bonds is 7. The van der Waals surface area contributed by atoms with Gasteiger partial charge in [0.1, 0.15) is 22.9 Å². The normalized spacial score (nSPS) is 13.4. The molecular weight excluding hydrogens is 420 g/mol. The number of amides is 2. The first-order valence-electron chi connectivity index (χ1n) is 10.3. The summed E-state index contributed by atoms with van der Waals surface area (Å²) in [5.74, 6) is 0.676. The molecule has 0 aromatic heterocycles. The average Bonchev–Trinajstić information content (AvgIpc) is 3.07. The van der Waals surface area contributed by atoms with Crippen LogP contribution in [0.4, 0.5) is 11.4 Å². The smallest absolute Gasteiger partial charge is 0.282 e. The van der Waals surface area contributed by atoms with Crippen molar-refractivity contribution in [3.63, 3.8) is 0 Å². The van der Waals surface area contributed by atoms with Crippen molar-refractivity contribution in [2.75, 3.05) is 31.5 Å². The maximum absolute atomic E-state index is 13.6. The molecule has 0 radical (unpaired) electrons. The van der Waals surface area contributed by atoms with Crippen molar-refractivity contribution in [1.82, 2.24) is 0 Å². The summed E-state index contributed by atoms with van der Waals surface area (Å²) in [7, 11) is 4.61. The molecule has 0 saturated carbocycles. The van der Waals surface area contributed by atoms with Crippen molar-refractivity contribution in [2.45, 2.75) is 6.92 Å². The molecule has 1 N–H and O–H groups in total. The molecule has 1 aliphatic rings. The number of anilines is 2. The van der Waals surface area contributed by atoms with Crippen molar-refractivity contribution in [3.05, 3.63) is 83.6 Å². The third-order valence-electron chi connectivity index (χ3n) is 5.34. The number of carbonyl (C=O) groups excluding carboxylic acids is 2. The molecule has 168 valence electrons. The zero-order chi connectivity index (χ0) is 23.5. The van der Waals surface area contributed by atoms with Gasteiger partial charge in [-0.15, -0.1) is 0 Å². The predicted molar refractivity (Wildman–Crippen MR) is 127 cm³/mol. The highest BCUT2D eigenvalue weighted by atomic mass is 16.5. The van der Waals surface area contributed by atoms with E-state index < -0.39 is 11.8 Å². The minimum Gasteiger partial charge on any atom is -0.497 e. The fourth-order valence-electron chi connectivity index (χ4n) is 3.77. The van der Waals surface area contributed by atoms with Gasteiger partial charge in [-0.3, -0.25) is 9.59 Å². The Morgan fingerprint density at radius 3 is 2.09 bits per heavy atom. The first kappa shape index (κ1) is 22.0. The third kappa shape index (κ3) is 4.13. The molecule has 0 fully saturated rings. The molecule has 0 atom stereocenters. The maximum atomic E-state index is 13.6. The number of ether oxygens (including phenoxy) is 3. The molecule has 0 unspecified atom stereocenters. The number of hydrogen-bond donors (Lipinski definition) is 1. The minimum atomic E-state index is -0.465. The van der Waals surface area contributed by atoms with Crippen molar-refractivity contribution in [2.24, 2.45) is 0 Å². The monoisotopic (exact) mass is 444 g/mol. The number of benzene rings is 3. The Morgan fingerprint density at radius 1 is 0.758 bits per heavy atom. The van der Waals surface area contributed by atoms with Gasteiger partial charge in [-0.25, -0.2) is 4.90 Å². The van der Waals surface area contributed by atoms with E-state index in [4.69, 9.17) is 14.2 Å². The van der Waals surface area contributed by atoms with Crippen LogP contribution >= 0.6 is 0 Å². The topological polar surface area (TPSA) is 77.1 Å². The van der Waals surface area contributed by atoms with Gasteiger partial charge >= 0.3 is 0 Å². The fourth-order valence-corrected chi connectivity index (χ4v) is 3.77. The molecule has 1 heterocycles. The molecule has 0 spiro atoms. The molecule has 0 bridgehead atoms. The highest BCUT2D eigenvalue weighted by molar-refractivity contribution is 6.46. The summed E-state index contributed by atoms with van der Waals surface area (Å²) < 4.78 is 16.2. The molecule has 0 aliphatic carbocycles. The quantitative estimate of drug-likeness (QED) is 0.544. The Kier molecular flexibility index (Phi) is 6.04. The Hall–Kier alpha value is -4.26. The molecule has 7 nitrogen and oxygen atoms in total. The Morgan fingerprint density at radius 2 is 1.45 bits per heavy atom. The summed E-state index contributed by atoms with van der Waals surface area (Å²) in [5.41, 5.74) is 2.86. The number of imide groups is 1. The zero-order valence-corrected chi connectivity index (χ0v) is 18.8. The lowest BCUT2D eigenvalue weighted by atomic mass is 10.0. The van der Waals surface area contributed by atoms with Crippen LogP contribution < -0.4 is 24.4 Å². The summed E-state index contributed by atoms with van der Waals surface area (Å²) in [5, 5.41) is 3.14. The maximum Gasteiger partial charge on any atom is 0.282 e. The van der Waals surface area contributed by atoms with E-state index >= 15 is 0 Å². The van der Waals surface area contributed by atoms with Crippen molar-refractivity contribution < 1.29 is 23.8 Å². The first-order valence-corrected chi connectivity index (χ1v) is 10.3. The molecule has 4 rings (SSSR count). The second kappa shape index (κ2) is 9.08. The molecular formula is C26H24N2O5. The number of hydrogen-bond acceptors (Lipinski definition) is 6. The van der Waals surface area contributed by atoms with Gasteiger partial charge in [0.25, 0.3) is 11.8 Å². The van der Waals surface area contributed by atoms with E-state index in [1.54, 1.807) is 62.8 Å². The van der Waals surface area contributed by atoms with Gasteiger partial charge in [0, 0.05) is 29.4 Å². The van der Waals surface area contributed by atoms with Gasteiger partial charge in [-0.1, -0.05) is 30.3 Å². The van der Waals surface area contributed by atoms with E-state index in [9.17, 15) is 9.59 Å². The largest absolute Gasteiger partial charge is 0.497 e. The SMILES string of the molecule is COc1cc(NC2=C(c3ccccc3OC)C(=O)N(c3cccc(C)c3)C2=O)cc(OC)c1. The second-order valence-corrected chi connectivity index (χ2v) is 7.46. The average molecular weight is 444 g/mol. The Balaban J connectivity index is 1.88. The fraction of sp³-hybridized carbons (Fsp3) is 0.154. The van der Waals surface area contributed by atoms with E-state index in [0.717, 1.165) is 5.56 Å². The van der Waals surface area contributed by atoms with Gasteiger partial charge < -0.3 is 19.5 Å². The molecule has 3 aromatic rings. The molecule has 0 saturated heterocycles. The number of aryl methyl sites for hydroxylation is 1. The van der Waals surface area contributed by atoms with E-state index in [2.05, 4.69) is 5.32 Å². The number of carbonyl (C=O) groups is 2. The Labute approximate surface area is 192 Å². The molecule has 2 amide bonds. The standard InChI is InChI=1S/C26H24N2O5/c1-16-8-7-9-18(12-16)28-25(29)23(21-10-5-6-11-22(21)33-4)24(26(28)30)27-17-13-19(31-2)15-20(14-17)32-3/h5-15,27H,1-4H3. The van der Waals surface area contributed by atoms with Crippen LogP contribution in [0.1, 0.15) is 11.1 Å². The lowest BCUT2D eigenvalue weighted by Gasteiger charge is -2.16. The van der Waals surface area contributed by atoms with Gasteiger partial charge in [-0.05, 0) is 30.7 Å². The highest BCUT2D eigenvalue weighted by Gasteiger charge is 2.41. The lowest BCUT2D eigenvalue weighted by molar-refractivity contribution is -0.120. The van der Waals surface area contributed by atoms with Crippen LogP contribution in [0, 0.1) is 6.92 Å². The summed E-state index contributed by atoms with van der Waals surface area (Å²) in [4.78, 5) is 28.4. The molecule has 3 aromatic carbocycles. The Bertz CT molecular complexity index is 1240. The van der Waals surface area contributed by atoms with Gasteiger partial charge in [0.05, 0.1) is 32.6 Å². The minimum absolute atomic E-state index is 0.140. The van der Waals surface area contributed by atoms with Crippen molar-refractivity contribution >= 4 is 28.8 Å². The van der Waals surface area contributed by atoms with Crippen LogP contribution in [0.2, 0.25) is 0 Å². The summed E-state index contributed by atoms with van der Waals surface area (Å²) in [6.07, 6.45) is 0.